The fourth-order valence-electron chi connectivity index (χ4n) is 6.78. The van der Waals surface area contributed by atoms with Crippen LogP contribution < -0.4 is 11.5 Å². The number of anilines is 2. The van der Waals surface area contributed by atoms with Crippen LogP contribution in [0.15, 0.2) is 66.0 Å². The molecule has 5 aromatic rings. The number of piperidine rings is 1. The standard InChI is InChI=1S/C31H31N9O3S/c1-17-23(15-35-31(33)37-17)30(41)39-21-9-10-22(39)13-20(12-21)26-27(44(2,42)43)28(32)40-29(38-26)24(16-36-40)19-8-11-25(34-14-19)18-6-4-3-5-7-18/h3-8,11,14-16,20-22H,9-10,12-13,32H2,1-2H3,(H2,33,35,37)/t20?,21-,22+. The number of aromatic nitrogens is 6. The summed E-state index contributed by atoms with van der Waals surface area (Å²) in [5, 5.41) is 4.42. The van der Waals surface area contributed by atoms with Gasteiger partial charge in [-0.3, -0.25) is 9.78 Å². The fraction of sp³-hybridized carbons (Fsp3) is 0.290. The van der Waals surface area contributed by atoms with E-state index < -0.39 is 9.84 Å². The van der Waals surface area contributed by atoms with E-state index in [1.807, 2.05) is 47.4 Å². The molecule has 1 unspecified atom stereocenters. The number of hydrogen-bond donors (Lipinski definition) is 2. The molecule has 2 aliphatic rings. The maximum absolute atomic E-state index is 13.6. The molecular weight excluding hydrogens is 578 g/mol. The second-order valence-electron chi connectivity index (χ2n) is 11.6. The van der Waals surface area contributed by atoms with Gasteiger partial charge in [0.25, 0.3) is 5.91 Å². The molecule has 2 bridgehead atoms. The van der Waals surface area contributed by atoms with Crippen molar-refractivity contribution >= 4 is 33.2 Å². The number of nitrogen functional groups attached to an aromatic ring is 2. The zero-order valence-corrected chi connectivity index (χ0v) is 25.1. The molecule has 1 aromatic carbocycles. The maximum atomic E-state index is 13.6. The van der Waals surface area contributed by atoms with Gasteiger partial charge in [0.05, 0.1) is 28.8 Å². The third-order valence-corrected chi connectivity index (χ3v) is 9.92. The molecule has 6 heterocycles. The van der Waals surface area contributed by atoms with Crippen LogP contribution in [0.4, 0.5) is 11.8 Å². The monoisotopic (exact) mass is 609 g/mol. The van der Waals surface area contributed by atoms with Crippen molar-refractivity contribution in [3.8, 4) is 22.4 Å². The second kappa shape index (κ2) is 10.4. The average molecular weight is 610 g/mol. The van der Waals surface area contributed by atoms with Crippen molar-refractivity contribution in [2.45, 2.75) is 55.5 Å². The van der Waals surface area contributed by atoms with E-state index in [1.165, 1.54) is 10.7 Å². The number of carbonyl (C=O) groups excluding carboxylic acids is 1. The summed E-state index contributed by atoms with van der Waals surface area (Å²) in [7, 11) is -3.76. The molecule has 2 saturated heterocycles. The molecule has 7 rings (SSSR count). The molecule has 4 N–H and O–H groups in total. The van der Waals surface area contributed by atoms with Gasteiger partial charge in [0.15, 0.2) is 15.5 Å². The Kier molecular flexibility index (Phi) is 6.57. The molecule has 224 valence electrons. The minimum absolute atomic E-state index is 0.0100. The predicted molar refractivity (Wildman–Crippen MR) is 165 cm³/mol. The SMILES string of the molecule is Cc1nc(N)ncc1C(=O)N1[C@@H]2CC[C@H]1CC(c1nc3c(-c4ccc(-c5ccccc5)nc4)cnn3c(N)c1S(C)(=O)=O)C2. The number of aryl methyl sites for hydroxylation is 1. The Morgan fingerprint density at radius 1 is 0.909 bits per heavy atom. The minimum Gasteiger partial charge on any atom is -0.382 e. The number of fused-ring (bicyclic) bond motifs is 3. The smallest absolute Gasteiger partial charge is 0.257 e. The van der Waals surface area contributed by atoms with Gasteiger partial charge in [-0.15, -0.1) is 0 Å². The molecule has 0 aliphatic carbocycles. The Labute approximate surface area is 254 Å². The first kappa shape index (κ1) is 27.9. The Bertz CT molecular complexity index is 2010. The highest BCUT2D eigenvalue weighted by atomic mass is 32.2. The molecule has 4 aromatic heterocycles. The summed E-state index contributed by atoms with van der Waals surface area (Å²) in [5.41, 5.74) is 17.4. The Balaban J connectivity index is 1.26. The summed E-state index contributed by atoms with van der Waals surface area (Å²) in [4.78, 5) is 33.3. The summed E-state index contributed by atoms with van der Waals surface area (Å²) in [6.07, 6.45) is 8.74. The lowest BCUT2D eigenvalue weighted by molar-refractivity contribution is 0.0566. The normalized spacial score (nSPS) is 19.9. The van der Waals surface area contributed by atoms with Gasteiger partial charge in [-0.25, -0.2) is 23.4 Å². The number of benzene rings is 1. The van der Waals surface area contributed by atoms with E-state index >= 15 is 0 Å². The zero-order valence-electron chi connectivity index (χ0n) is 24.3. The van der Waals surface area contributed by atoms with Gasteiger partial charge in [0.2, 0.25) is 5.95 Å². The van der Waals surface area contributed by atoms with Crippen molar-refractivity contribution < 1.29 is 13.2 Å². The average Bonchev–Trinajstić information content (AvgIpc) is 3.54. The highest BCUT2D eigenvalue weighted by Crippen LogP contribution is 2.46. The van der Waals surface area contributed by atoms with Gasteiger partial charge in [-0.1, -0.05) is 36.4 Å². The van der Waals surface area contributed by atoms with Crippen molar-refractivity contribution in [1.29, 1.82) is 0 Å². The van der Waals surface area contributed by atoms with Gasteiger partial charge in [-0.2, -0.15) is 9.61 Å². The molecule has 44 heavy (non-hydrogen) atoms. The van der Waals surface area contributed by atoms with E-state index in [4.69, 9.17) is 16.5 Å². The lowest BCUT2D eigenvalue weighted by Gasteiger charge is -2.39. The number of pyridine rings is 1. The van der Waals surface area contributed by atoms with Crippen LogP contribution in [0.1, 0.15) is 53.3 Å². The number of amides is 1. The quantitative estimate of drug-likeness (QED) is 0.299. The molecule has 2 aliphatic heterocycles. The van der Waals surface area contributed by atoms with Gasteiger partial charge in [-0.05, 0) is 38.7 Å². The number of hydrogen-bond acceptors (Lipinski definition) is 10. The summed E-state index contributed by atoms with van der Waals surface area (Å²) >= 11 is 0. The van der Waals surface area contributed by atoms with Gasteiger partial charge in [0, 0.05) is 53.3 Å². The van der Waals surface area contributed by atoms with Crippen LogP contribution in [0.25, 0.3) is 28.0 Å². The topological polar surface area (TPSA) is 175 Å². The largest absolute Gasteiger partial charge is 0.382 e. The molecule has 0 spiro atoms. The van der Waals surface area contributed by atoms with Crippen LogP contribution in [-0.4, -0.2) is 67.1 Å². The summed E-state index contributed by atoms with van der Waals surface area (Å²) in [5.74, 6) is -0.216. The number of nitrogens with zero attached hydrogens (tertiary/aromatic N) is 7. The third kappa shape index (κ3) is 4.64. The number of rotatable bonds is 5. The Hall–Kier alpha value is -4.91. The van der Waals surface area contributed by atoms with Crippen molar-refractivity contribution in [3.05, 3.63) is 78.0 Å². The minimum atomic E-state index is -3.76. The molecule has 3 atom stereocenters. The van der Waals surface area contributed by atoms with Gasteiger partial charge in [0.1, 0.15) is 10.7 Å². The first-order valence-electron chi connectivity index (χ1n) is 14.4. The van der Waals surface area contributed by atoms with Crippen molar-refractivity contribution in [3.63, 3.8) is 0 Å². The van der Waals surface area contributed by atoms with E-state index in [9.17, 15) is 13.2 Å². The first-order valence-corrected chi connectivity index (χ1v) is 16.3. The van der Waals surface area contributed by atoms with E-state index in [0.29, 0.717) is 41.0 Å². The lowest BCUT2D eigenvalue weighted by Crippen LogP contribution is -2.46. The zero-order chi connectivity index (χ0) is 30.7. The van der Waals surface area contributed by atoms with Crippen LogP contribution in [0.3, 0.4) is 0 Å². The van der Waals surface area contributed by atoms with E-state index in [-0.39, 0.29) is 40.6 Å². The van der Waals surface area contributed by atoms with Gasteiger partial charge >= 0.3 is 0 Å². The van der Waals surface area contributed by atoms with Crippen LogP contribution in [-0.2, 0) is 9.84 Å². The molecule has 1 amide bonds. The number of nitrogens with two attached hydrogens (primary N) is 2. The fourth-order valence-corrected chi connectivity index (χ4v) is 7.84. The van der Waals surface area contributed by atoms with Gasteiger partial charge < -0.3 is 16.4 Å². The van der Waals surface area contributed by atoms with Crippen LogP contribution in [0.5, 0.6) is 0 Å². The second-order valence-corrected chi connectivity index (χ2v) is 13.5. The number of carbonyl (C=O) groups is 1. The summed E-state index contributed by atoms with van der Waals surface area (Å²) < 4.78 is 27.7. The third-order valence-electron chi connectivity index (χ3n) is 8.76. The van der Waals surface area contributed by atoms with E-state index in [2.05, 4.69) is 20.1 Å². The predicted octanol–water partition coefficient (Wildman–Crippen LogP) is 3.68. The van der Waals surface area contributed by atoms with Crippen molar-refractivity contribution in [2.24, 2.45) is 0 Å². The first-order chi connectivity index (χ1) is 21.1. The molecule has 13 heteroatoms. The van der Waals surface area contributed by atoms with Crippen LogP contribution in [0.2, 0.25) is 0 Å². The number of sulfone groups is 1. The molecule has 0 radical (unpaired) electrons. The van der Waals surface area contributed by atoms with E-state index in [1.54, 1.807) is 19.3 Å². The highest BCUT2D eigenvalue weighted by molar-refractivity contribution is 7.91. The van der Waals surface area contributed by atoms with Crippen LogP contribution >= 0.6 is 0 Å². The maximum Gasteiger partial charge on any atom is 0.257 e. The molecule has 0 saturated carbocycles. The summed E-state index contributed by atoms with van der Waals surface area (Å²) in [6, 6.07) is 13.6. The molecular formula is C31H31N9O3S. The summed E-state index contributed by atoms with van der Waals surface area (Å²) in [6.45, 7) is 1.74. The lowest BCUT2D eigenvalue weighted by atomic mass is 9.87. The van der Waals surface area contributed by atoms with Crippen molar-refractivity contribution in [1.82, 2.24) is 34.4 Å². The van der Waals surface area contributed by atoms with Crippen LogP contribution in [0, 0.1) is 6.92 Å². The molecule has 12 nitrogen and oxygen atoms in total. The van der Waals surface area contributed by atoms with Crippen molar-refractivity contribution in [2.75, 3.05) is 17.7 Å². The van der Waals surface area contributed by atoms with E-state index in [0.717, 1.165) is 35.9 Å². The highest BCUT2D eigenvalue weighted by Gasteiger charge is 2.46. The Morgan fingerprint density at radius 2 is 1.64 bits per heavy atom. The Morgan fingerprint density at radius 3 is 2.27 bits per heavy atom. The molecule has 2 fully saturated rings.